The summed E-state index contributed by atoms with van der Waals surface area (Å²) in [5, 5.41) is 12.0. The minimum atomic E-state index is -0.472. The van der Waals surface area contributed by atoms with E-state index < -0.39 is 4.92 Å². The first-order chi connectivity index (χ1) is 15.9. The van der Waals surface area contributed by atoms with Crippen LogP contribution in [-0.4, -0.2) is 46.8 Å². The largest absolute Gasteiger partial charge is 0.486 e. The Labute approximate surface area is 200 Å². The van der Waals surface area contributed by atoms with Crippen molar-refractivity contribution in [3.05, 3.63) is 91.8 Å². The molecule has 0 radical (unpaired) electrons. The van der Waals surface area contributed by atoms with Gasteiger partial charge in [0.05, 0.1) is 4.92 Å². The molecule has 4 rings (SSSR count). The number of carbonyl (C=O) groups excluding carboxylic acids is 1. The topological polar surface area (TPSA) is 89.1 Å². The van der Waals surface area contributed by atoms with Crippen molar-refractivity contribution >= 4 is 34.8 Å². The molecule has 2 aromatic carbocycles. The Morgan fingerprint density at radius 2 is 1.67 bits per heavy atom. The van der Waals surface area contributed by atoms with E-state index in [-0.39, 0.29) is 24.0 Å². The number of nitro benzene ring substituents is 1. The van der Waals surface area contributed by atoms with Crippen LogP contribution >= 0.6 is 23.2 Å². The number of nitro groups is 1. The van der Waals surface area contributed by atoms with Crippen LogP contribution in [0.5, 0.6) is 5.75 Å². The van der Waals surface area contributed by atoms with Gasteiger partial charge in [-0.15, -0.1) is 0 Å². The van der Waals surface area contributed by atoms with Crippen LogP contribution in [0.4, 0.5) is 5.69 Å². The zero-order valence-corrected chi connectivity index (χ0v) is 19.1. The maximum Gasteiger partial charge on any atom is 0.289 e. The molecular formula is C23H21Cl2N3O5. The van der Waals surface area contributed by atoms with Crippen molar-refractivity contribution in [3.8, 4) is 5.75 Å². The van der Waals surface area contributed by atoms with Crippen LogP contribution in [-0.2, 0) is 13.2 Å². The van der Waals surface area contributed by atoms with Crippen LogP contribution in [0.15, 0.2) is 59.0 Å². The van der Waals surface area contributed by atoms with E-state index in [2.05, 4.69) is 4.90 Å². The van der Waals surface area contributed by atoms with Crippen molar-refractivity contribution in [1.82, 2.24) is 9.80 Å². The van der Waals surface area contributed by atoms with Crippen molar-refractivity contribution < 1.29 is 18.9 Å². The molecule has 1 aromatic heterocycles. The second-order valence-electron chi connectivity index (χ2n) is 7.57. The molecule has 172 valence electrons. The zero-order chi connectivity index (χ0) is 23.4. The van der Waals surface area contributed by atoms with E-state index in [1.165, 1.54) is 24.3 Å². The lowest BCUT2D eigenvalue weighted by molar-refractivity contribution is -0.384. The van der Waals surface area contributed by atoms with Gasteiger partial charge in [-0.25, -0.2) is 0 Å². The third-order valence-electron chi connectivity index (χ3n) is 5.40. The Balaban J connectivity index is 1.28. The summed E-state index contributed by atoms with van der Waals surface area (Å²) in [5.41, 5.74) is 0.882. The summed E-state index contributed by atoms with van der Waals surface area (Å²) in [5.74, 6) is 1.04. The number of halogens is 2. The third kappa shape index (κ3) is 5.65. The number of hydrogen-bond acceptors (Lipinski definition) is 6. The van der Waals surface area contributed by atoms with Crippen molar-refractivity contribution in [1.29, 1.82) is 0 Å². The molecule has 1 fully saturated rings. The van der Waals surface area contributed by atoms with E-state index in [1.54, 1.807) is 17.0 Å². The van der Waals surface area contributed by atoms with Gasteiger partial charge in [0.25, 0.3) is 11.6 Å². The first-order valence-corrected chi connectivity index (χ1v) is 11.1. The van der Waals surface area contributed by atoms with Gasteiger partial charge >= 0.3 is 0 Å². The third-order valence-corrected chi connectivity index (χ3v) is 6.11. The maximum atomic E-state index is 12.8. The lowest BCUT2D eigenvalue weighted by Gasteiger charge is -2.34. The maximum absolute atomic E-state index is 12.8. The molecule has 0 bridgehead atoms. The molecular weight excluding hydrogens is 469 g/mol. The lowest BCUT2D eigenvalue weighted by Crippen LogP contribution is -2.48. The highest BCUT2D eigenvalue weighted by Gasteiger charge is 2.25. The fourth-order valence-corrected chi connectivity index (χ4v) is 4.08. The normalized spacial score (nSPS) is 14.3. The van der Waals surface area contributed by atoms with Crippen LogP contribution in [0.2, 0.25) is 10.0 Å². The van der Waals surface area contributed by atoms with Gasteiger partial charge in [-0.05, 0) is 36.4 Å². The predicted molar refractivity (Wildman–Crippen MR) is 124 cm³/mol. The summed E-state index contributed by atoms with van der Waals surface area (Å²) in [6.07, 6.45) is 0. The minimum Gasteiger partial charge on any atom is -0.486 e. The summed E-state index contributed by atoms with van der Waals surface area (Å²) >= 11 is 12.5. The van der Waals surface area contributed by atoms with E-state index in [4.69, 9.17) is 32.4 Å². The monoisotopic (exact) mass is 489 g/mol. The average molecular weight is 490 g/mol. The highest BCUT2D eigenvalue weighted by Crippen LogP contribution is 2.26. The van der Waals surface area contributed by atoms with E-state index in [0.29, 0.717) is 54.3 Å². The molecule has 1 saturated heterocycles. The molecule has 2 heterocycles. The Morgan fingerprint density at radius 3 is 2.30 bits per heavy atom. The molecule has 0 N–H and O–H groups in total. The van der Waals surface area contributed by atoms with Crippen LogP contribution in [0.25, 0.3) is 0 Å². The van der Waals surface area contributed by atoms with Crippen molar-refractivity contribution in [2.75, 3.05) is 26.2 Å². The number of carbonyl (C=O) groups is 1. The average Bonchev–Trinajstić information content (AvgIpc) is 3.29. The molecule has 0 saturated carbocycles. The van der Waals surface area contributed by atoms with Gasteiger partial charge in [-0.2, -0.15) is 0 Å². The number of nitrogens with zero attached hydrogens (tertiary/aromatic N) is 3. The molecule has 33 heavy (non-hydrogen) atoms. The molecule has 8 nitrogen and oxygen atoms in total. The number of furan rings is 1. The molecule has 0 aliphatic carbocycles. The van der Waals surface area contributed by atoms with Gasteiger partial charge in [0, 0.05) is 60.5 Å². The van der Waals surface area contributed by atoms with Crippen LogP contribution in [0, 0.1) is 10.1 Å². The fourth-order valence-electron chi connectivity index (χ4n) is 3.56. The second kappa shape index (κ2) is 10.2. The Morgan fingerprint density at radius 1 is 1.00 bits per heavy atom. The molecule has 3 aromatic rings. The summed E-state index contributed by atoms with van der Waals surface area (Å²) < 4.78 is 11.2. The molecule has 1 aliphatic heterocycles. The number of rotatable bonds is 7. The molecule has 0 spiro atoms. The van der Waals surface area contributed by atoms with Gasteiger partial charge < -0.3 is 14.1 Å². The van der Waals surface area contributed by atoms with Crippen molar-refractivity contribution in [2.24, 2.45) is 0 Å². The van der Waals surface area contributed by atoms with Gasteiger partial charge in [0.2, 0.25) is 0 Å². The SMILES string of the molecule is O=C(c1ccc(COc2ccc([N+](=O)[O-])cc2)o1)N1CCN(Cc2c(Cl)cccc2Cl)CC1. The molecule has 1 amide bonds. The smallest absolute Gasteiger partial charge is 0.289 e. The fraction of sp³-hybridized carbons (Fsp3) is 0.261. The highest BCUT2D eigenvalue weighted by atomic mass is 35.5. The Kier molecular flexibility index (Phi) is 7.17. The quantitative estimate of drug-likeness (QED) is 0.341. The minimum absolute atomic E-state index is 0.0108. The summed E-state index contributed by atoms with van der Waals surface area (Å²) in [6, 6.07) is 14.5. The van der Waals surface area contributed by atoms with E-state index in [9.17, 15) is 14.9 Å². The first kappa shape index (κ1) is 23.1. The Hall–Kier alpha value is -3.07. The number of piperazine rings is 1. The van der Waals surface area contributed by atoms with E-state index >= 15 is 0 Å². The van der Waals surface area contributed by atoms with Gasteiger partial charge in [0.15, 0.2) is 5.76 Å². The molecule has 0 unspecified atom stereocenters. The Bertz CT molecular complexity index is 1120. The van der Waals surface area contributed by atoms with Crippen LogP contribution in [0.1, 0.15) is 21.9 Å². The summed E-state index contributed by atoms with van der Waals surface area (Å²) in [6.45, 7) is 3.27. The molecule has 0 atom stereocenters. The molecule has 1 aliphatic rings. The second-order valence-corrected chi connectivity index (χ2v) is 8.39. The van der Waals surface area contributed by atoms with E-state index in [0.717, 1.165) is 5.56 Å². The zero-order valence-electron chi connectivity index (χ0n) is 17.6. The molecule has 10 heteroatoms. The standard InChI is InChI=1S/C23H21Cl2N3O5/c24-20-2-1-3-21(25)19(20)14-26-10-12-27(13-11-26)23(29)22-9-8-18(33-22)15-32-17-6-4-16(5-7-17)28(30)31/h1-9H,10-15H2. The number of ether oxygens (including phenoxy) is 1. The van der Waals surface area contributed by atoms with Crippen LogP contribution in [0.3, 0.4) is 0 Å². The number of hydrogen-bond donors (Lipinski definition) is 0. The predicted octanol–water partition coefficient (Wildman–Crippen LogP) is 5.03. The van der Waals surface area contributed by atoms with Gasteiger partial charge in [-0.1, -0.05) is 29.3 Å². The highest BCUT2D eigenvalue weighted by molar-refractivity contribution is 6.35. The lowest BCUT2D eigenvalue weighted by atomic mass is 10.2. The first-order valence-electron chi connectivity index (χ1n) is 10.3. The summed E-state index contributed by atoms with van der Waals surface area (Å²) in [7, 11) is 0. The summed E-state index contributed by atoms with van der Waals surface area (Å²) in [4.78, 5) is 27.0. The number of non-ortho nitro benzene ring substituents is 1. The number of amides is 1. The van der Waals surface area contributed by atoms with E-state index in [1.807, 2.05) is 18.2 Å². The van der Waals surface area contributed by atoms with Crippen LogP contribution < -0.4 is 4.74 Å². The van der Waals surface area contributed by atoms with Crippen molar-refractivity contribution in [3.63, 3.8) is 0 Å². The number of benzene rings is 2. The van der Waals surface area contributed by atoms with Gasteiger partial charge in [0.1, 0.15) is 18.1 Å². The van der Waals surface area contributed by atoms with Gasteiger partial charge in [-0.3, -0.25) is 19.8 Å². The van der Waals surface area contributed by atoms with Crippen molar-refractivity contribution in [2.45, 2.75) is 13.2 Å².